The molecular formula is C19H26Cl2N2O4. The van der Waals surface area contributed by atoms with E-state index in [2.05, 4.69) is 4.90 Å². The number of ether oxygens (including phenoxy) is 2. The molecule has 0 spiro atoms. The Morgan fingerprint density at radius 3 is 2.59 bits per heavy atom. The number of carbonyl (C=O) groups is 1. The standard InChI is InChI=1S/C19H26Cl2N2O4/c1-14(27-16-4-2-3-15(20)17(16)21)18(24)23-7-5-19(25,6-8-23)13-22-9-11-26-12-10-22/h2-4,14,25H,5-13H2,1H3/t14-/m1/s1. The van der Waals surface area contributed by atoms with E-state index in [0.717, 1.165) is 13.1 Å². The number of aliphatic hydroxyl groups is 1. The number of β-amino-alcohol motifs (C(OH)–C–C–N with tert-alkyl or cyclic N) is 1. The molecule has 1 amide bonds. The highest BCUT2D eigenvalue weighted by Gasteiger charge is 2.37. The van der Waals surface area contributed by atoms with Gasteiger partial charge in [-0.25, -0.2) is 0 Å². The Kier molecular flexibility index (Phi) is 6.87. The molecule has 1 aromatic carbocycles. The monoisotopic (exact) mass is 416 g/mol. The van der Waals surface area contributed by atoms with Crippen LogP contribution in [0, 0.1) is 0 Å². The summed E-state index contributed by atoms with van der Waals surface area (Å²) in [5.41, 5.74) is -0.755. The average Bonchev–Trinajstić information content (AvgIpc) is 2.66. The maximum atomic E-state index is 12.7. The molecule has 0 unspecified atom stereocenters. The Hall–Kier alpha value is -1.05. The summed E-state index contributed by atoms with van der Waals surface area (Å²) in [6, 6.07) is 5.09. The fourth-order valence-corrected chi connectivity index (χ4v) is 3.89. The molecule has 2 aliphatic rings. The van der Waals surface area contributed by atoms with Gasteiger partial charge in [0.15, 0.2) is 6.10 Å². The summed E-state index contributed by atoms with van der Waals surface area (Å²) < 4.78 is 11.1. The van der Waals surface area contributed by atoms with Crippen molar-refractivity contribution in [3.63, 3.8) is 0 Å². The lowest BCUT2D eigenvalue weighted by Gasteiger charge is -2.42. The van der Waals surface area contributed by atoms with Crippen LogP contribution in [-0.4, -0.2) is 78.5 Å². The van der Waals surface area contributed by atoms with Gasteiger partial charge in [0.25, 0.3) is 5.91 Å². The molecule has 8 heteroatoms. The zero-order valence-corrected chi connectivity index (χ0v) is 17.0. The Morgan fingerprint density at radius 2 is 1.93 bits per heavy atom. The van der Waals surface area contributed by atoms with E-state index < -0.39 is 11.7 Å². The highest BCUT2D eigenvalue weighted by molar-refractivity contribution is 6.42. The van der Waals surface area contributed by atoms with Crippen molar-refractivity contribution < 1.29 is 19.4 Å². The van der Waals surface area contributed by atoms with Gasteiger partial charge in [-0.2, -0.15) is 0 Å². The molecule has 6 nitrogen and oxygen atoms in total. The Balaban J connectivity index is 1.52. The maximum absolute atomic E-state index is 12.7. The number of benzene rings is 1. The van der Waals surface area contributed by atoms with Gasteiger partial charge in [0, 0.05) is 32.7 Å². The lowest BCUT2D eigenvalue weighted by molar-refractivity contribution is -0.143. The third-order valence-electron chi connectivity index (χ3n) is 5.20. The third kappa shape index (κ3) is 5.27. The molecule has 0 aliphatic carbocycles. The molecule has 1 atom stereocenters. The minimum absolute atomic E-state index is 0.112. The first-order chi connectivity index (χ1) is 12.9. The summed E-state index contributed by atoms with van der Waals surface area (Å²) in [6.45, 7) is 6.46. The van der Waals surface area contributed by atoms with Gasteiger partial charge in [-0.15, -0.1) is 0 Å². The summed E-state index contributed by atoms with van der Waals surface area (Å²) in [5.74, 6) is 0.283. The second-order valence-corrected chi connectivity index (χ2v) is 8.04. The van der Waals surface area contributed by atoms with Crippen molar-refractivity contribution in [3.8, 4) is 5.75 Å². The van der Waals surface area contributed by atoms with Gasteiger partial charge in [-0.1, -0.05) is 29.3 Å². The van der Waals surface area contributed by atoms with Crippen molar-refractivity contribution >= 4 is 29.1 Å². The number of likely N-dealkylation sites (tertiary alicyclic amines) is 1. The Morgan fingerprint density at radius 1 is 1.26 bits per heavy atom. The second kappa shape index (κ2) is 8.97. The smallest absolute Gasteiger partial charge is 0.263 e. The molecule has 0 bridgehead atoms. The highest BCUT2D eigenvalue weighted by atomic mass is 35.5. The van der Waals surface area contributed by atoms with E-state index in [-0.39, 0.29) is 5.91 Å². The fourth-order valence-electron chi connectivity index (χ4n) is 3.55. The number of nitrogens with zero attached hydrogens (tertiary/aromatic N) is 2. The number of morpholine rings is 1. The minimum Gasteiger partial charge on any atom is -0.479 e. The van der Waals surface area contributed by atoms with Crippen molar-refractivity contribution in [2.45, 2.75) is 31.5 Å². The maximum Gasteiger partial charge on any atom is 0.263 e. The Labute approximate surface area is 169 Å². The second-order valence-electron chi connectivity index (χ2n) is 7.25. The van der Waals surface area contributed by atoms with E-state index in [1.54, 1.807) is 30.0 Å². The quantitative estimate of drug-likeness (QED) is 0.798. The summed E-state index contributed by atoms with van der Waals surface area (Å²) in [6.07, 6.45) is 0.438. The van der Waals surface area contributed by atoms with E-state index >= 15 is 0 Å². The molecule has 1 N–H and O–H groups in total. The number of amides is 1. The van der Waals surface area contributed by atoms with Crippen LogP contribution in [0.5, 0.6) is 5.75 Å². The van der Waals surface area contributed by atoms with Crippen LogP contribution in [0.25, 0.3) is 0 Å². The van der Waals surface area contributed by atoms with Crippen LogP contribution >= 0.6 is 23.2 Å². The van der Waals surface area contributed by atoms with Gasteiger partial charge < -0.3 is 19.5 Å². The average molecular weight is 417 g/mol. The lowest BCUT2D eigenvalue weighted by atomic mass is 9.90. The van der Waals surface area contributed by atoms with Gasteiger partial charge in [0.2, 0.25) is 0 Å². The Bertz CT molecular complexity index is 659. The van der Waals surface area contributed by atoms with Gasteiger partial charge in [-0.3, -0.25) is 9.69 Å². The van der Waals surface area contributed by atoms with Crippen LogP contribution in [-0.2, 0) is 9.53 Å². The molecule has 0 aromatic heterocycles. The van der Waals surface area contributed by atoms with Crippen molar-refractivity contribution in [2.75, 3.05) is 45.9 Å². The topological polar surface area (TPSA) is 62.2 Å². The van der Waals surface area contributed by atoms with Crippen LogP contribution in [0.4, 0.5) is 0 Å². The third-order valence-corrected chi connectivity index (χ3v) is 6.00. The van der Waals surface area contributed by atoms with Crippen molar-refractivity contribution in [1.82, 2.24) is 9.80 Å². The van der Waals surface area contributed by atoms with Gasteiger partial charge in [0.1, 0.15) is 10.8 Å². The van der Waals surface area contributed by atoms with E-state index in [1.165, 1.54) is 0 Å². The number of halogens is 2. The minimum atomic E-state index is -0.755. The molecule has 2 heterocycles. The van der Waals surface area contributed by atoms with Crippen molar-refractivity contribution in [1.29, 1.82) is 0 Å². The molecule has 27 heavy (non-hydrogen) atoms. The molecule has 2 aliphatic heterocycles. The van der Waals surface area contributed by atoms with Gasteiger partial charge >= 0.3 is 0 Å². The molecule has 2 fully saturated rings. The van der Waals surface area contributed by atoms with Crippen LogP contribution in [0.1, 0.15) is 19.8 Å². The molecule has 0 saturated carbocycles. The summed E-state index contributed by atoms with van der Waals surface area (Å²) in [4.78, 5) is 16.7. The van der Waals surface area contributed by atoms with E-state index in [0.29, 0.717) is 61.5 Å². The number of piperidine rings is 1. The summed E-state index contributed by atoms with van der Waals surface area (Å²) in [7, 11) is 0. The molecule has 2 saturated heterocycles. The zero-order valence-electron chi connectivity index (χ0n) is 15.5. The van der Waals surface area contributed by atoms with Gasteiger partial charge in [0.05, 0.1) is 23.8 Å². The fraction of sp³-hybridized carbons (Fsp3) is 0.632. The largest absolute Gasteiger partial charge is 0.479 e. The molecule has 1 aromatic rings. The predicted octanol–water partition coefficient (Wildman–Crippen LogP) is 2.45. The molecule has 3 rings (SSSR count). The van der Waals surface area contributed by atoms with Crippen LogP contribution in [0.3, 0.4) is 0 Å². The first-order valence-corrected chi connectivity index (χ1v) is 10.1. The molecule has 0 radical (unpaired) electrons. The molecule has 150 valence electrons. The first kappa shape index (κ1) is 20.7. The summed E-state index contributed by atoms with van der Waals surface area (Å²) >= 11 is 12.1. The predicted molar refractivity (Wildman–Crippen MR) is 105 cm³/mol. The molecular weight excluding hydrogens is 391 g/mol. The normalized spacial score (nSPS) is 21.7. The SMILES string of the molecule is C[C@@H](Oc1cccc(Cl)c1Cl)C(=O)N1CCC(O)(CN2CCOCC2)CC1. The van der Waals surface area contributed by atoms with E-state index in [1.807, 2.05) is 0 Å². The number of carbonyl (C=O) groups excluding carboxylic acids is 1. The van der Waals surface area contributed by atoms with Crippen molar-refractivity contribution in [2.24, 2.45) is 0 Å². The van der Waals surface area contributed by atoms with Gasteiger partial charge in [-0.05, 0) is 31.9 Å². The van der Waals surface area contributed by atoms with Crippen LogP contribution in [0.15, 0.2) is 18.2 Å². The highest BCUT2D eigenvalue weighted by Crippen LogP contribution is 2.32. The first-order valence-electron chi connectivity index (χ1n) is 9.30. The number of hydrogen-bond acceptors (Lipinski definition) is 5. The van der Waals surface area contributed by atoms with E-state index in [4.69, 9.17) is 32.7 Å². The van der Waals surface area contributed by atoms with Crippen LogP contribution in [0.2, 0.25) is 10.0 Å². The lowest BCUT2D eigenvalue weighted by Crippen LogP contribution is -2.55. The summed E-state index contributed by atoms with van der Waals surface area (Å²) in [5, 5.41) is 11.6. The zero-order chi connectivity index (χ0) is 19.4. The number of rotatable bonds is 5. The van der Waals surface area contributed by atoms with Crippen molar-refractivity contribution in [3.05, 3.63) is 28.2 Å². The van der Waals surface area contributed by atoms with E-state index in [9.17, 15) is 9.90 Å². The number of hydrogen-bond donors (Lipinski definition) is 1. The van der Waals surface area contributed by atoms with Crippen LogP contribution < -0.4 is 4.74 Å².